The van der Waals surface area contributed by atoms with E-state index in [1.54, 1.807) is 0 Å². The Labute approximate surface area is 98.4 Å². The third kappa shape index (κ3) is 2.46. The van der Waals surface area contributed by atoms with Crippen LogP contribution in [0.15, 0.2) is 18.2 Å². The predicted octanol–water partition coefficient (Wildman–Crippen LogP) is 1.16. The van der Waals surface area contributed by atoms with Crippen LogP contribution in [0.4, 0.5) is 8.78 Å². The third-order valence-electron chi connectivity index (χ3n) is 3.03. The van der Waals surface area contributed by atoms with E-state index in [4.69, 9.17) is 9.84 Å². The number of hydrogen-bond acceptors (Lipinski definition) is 3. The molecular weight excluding hydrogens is 228 g/mol. The minimum absolute atomic E-state index is 0.0688. The number of morpholine rings is 1. The summed E-state index contributed by atoms with van der Waals surface area (Å²) in [6.45, 7) is 1.62. The highest BCUT2D eigenvalue weighted by Gasteiger charge is 2.35. The molecule has 0 aromatic heterocycles. The van der Waals surface area contributed by atoms with Crippen LogP contribution in [0, 0.1) is 11.6 Å². The summed E-state index contributed by atoms with van der Waals surface area (Å²) >= 11 is 0. The summed E-state index contributed by atoms with van der Waals surface area (Å²) in [7, 11) is 0. The number of benzene rings is 1. The molecule has 17 heavy (non-hydrogen) atoms. The van der Waals surface area contributed by atoms with Crippen LogP contribution in [0.25, 0.3) is 0 Å². The van der Waals surface area contributed by atoms with Gasteiger partial charge in [-0.1, -0.05) is 6.07 Å². The molecule has 94 valence electrons. The quantitative estimate of drug-likeness (QED) is 0.837. The fraction of sp³-hybridized carbons (Fsp3) is 0.500. The van der Waals surface area contributed by atoms with Gasteiger partial charge in [0.15, 0.2) is 11.6 Å². The van der Waals surface area contributed by atoms with Crippen molar-refractivity contribution < 1.29 is 18.6 Å². The molecule has 1 aromatic rings. The normalized spacial score (nSPS) is 24.9. The topological polar surface area (TPSA) is 41.5 Å². The average Bonchev–Trinajstić information content (AvgIpc) is 2.34. The van der Waals surface area contributed by atoms with Crippen LogP contribution in [0.2, 0.25) is 0 Å². The van der Waals surface area contributed by atoms with Crippen molar-refractivity contribution in [3.8, 4) is 0 Å². The van der Waals surface area contributed by atoms with E-state index in [-0.39, 0.29) is 6.61 Å². The van der Waals surface area contributed by atoms with E-state index >= 15 is 0 Å². The van der Waals surface area contributed by atoms with Crippen LogP contribution >= 0.6 is 0 Å². The minimum atomic E-state index is -0.894. The Balaban J connectivity index is 2.34. The molecule has 1 saturated heterocycles. The molecule has 3 nitrogen and oxygen atoms in total. The summed E-state index contributed by atoms with van der Waals surface area (Å²) in [5, 5.41) is 12.2. The van der Waals surface area contributed by atoms with E-state index in [2.05, 4.69) is 5.32 Å². The molecule has 0 aliphatic carbocycles. The van der Waals surface area contributed by atoms with Crippen molar-refractivity contribution in [2.24, 2.45) is 0 Å². The van der Waals surface area contributed by atoms with Gasteiger partial charge in [-0.25, -0.2) is 8.78 Å². The Morgan fingerprint density at radius 3 is 2.76 bits per heavy atom. The molecule has 0 radical (unpaired) electrons. The van der Waals surface area contributed by atoms with Crippen molar-refractivity contribution in [1.82, 2.24) is 5.32 Å². The number of ether oxygens (including phenoxy) is 1. The number of aliphatic hydroxyl groups is 1. The lowest BCUT2D eigenvalue weighted by Gasteiger charge is -2.38. The second-order valence-corrected chi connectivity index (χ2v) is 4.12. The molecule has 0 spiro atoms. The molecule has 0 amide bonds. The minimum Gasteiger partial charge on any atom is -0.396 e. The van der Waals surface area contributed by atoms with Gasteiger partial charge in [-0.2, -0.15) is 0 Å². The molecule has 1 heterocycles. The SMILES string of the molecule is OCC[C@]1(c2ccc(F)c(F)c2)CNCCO1. The zero-order valence-electron chi connectivity index (χ0n) is 9.38. The van der Waals surface area contributed by atoms with E-state index in [0.717, 1.165) is 18.7 Å². The van der Waals surface area contributed by atoms with Crippen molar-refractivity contribution in [3.05, 3.63) is 35.4 Å². The lowest BCUT2D eigenvalue weighted by molar-refractivity contribution is -0.0841. The molecule has 2 rings (SSSR count). The lowest BCUT2D eigenvalue weighted by atomic mass is 9.89. The van der Waals surface area contributed by atoms with Crippen molar-refractivity contribution >= 4 is 0 Å². The molecule has 0 bridgehead atoms. The van der Waals surface area contributed by atoms with E-state index in [1.807, 2.05) is 0 Å². The van der Waals surface area contributed by atoms with Gasteiger partial charge in [0.2, 0.25) is 0 Å². The van der Waals surface area contributed by atoms with Gasteiger partial charge < -0.3 is 15.2 Å². The molecule has 2 N–H and O–H groups in total. The fourth-order valence-corrected chi connectivity index (χ4v) is 2.11. The molecule has 1 atom stereocenters. The molecule has 1 aliphatic heterocycles. The van der Waals surface area contributed by atoms with E-state index in [9.17, 15) is 8.78 Å². The van der Waals surface area contributed by atoms with Crippen LogP contribution in [-0.4, -0.2) is 31.4 Å². The number of rotatable bonds is 3. The van der Waals surface area contributed by atoms with Gasteiger partial charge in [-0.3, -0.25) is 0 Å². The zero-order valence-corrected chi connectivity index (χ0v) is 9.38. The Morgan fingerprint density at radius 2 is 2.18 bits per heavy atom. The lowest BCUT2D eigenvalue weighted by Crippen LogP contribution is -2.48. The highest BCUT2D eigenvalue weighted by atomic mass is 19.2. The maximum atomic E-state index is 13.2. The van der Waals surface area contributed by atoms with Crippen molar-refractivity contribution in [3.63, 3.8) is 0 Å². The maximum absolute atomic E-state index is 13.2. The van der Waals surface area contributed by atoms with Crippen molar-refractivity contribution in [2.45, 2.75) is 12.0 Å². The van der Waals surface area contributed by atoms with Gasteiger partial charge in [-0.05, 0) is 17.7 Å². The number of nitrogens with one attached hydrogen (secondary N) is 1. The van der Waals surface area contributed by atoms with Gasteiger partial charge in [0.25, 0.3) is 0 Å². The van der Waals surface area contributed by atoms with Crippen LogP contribution in [0.1, 0.15) is 12.0 Å². The third-order valence-corrected chi connectivity index (χ3v) is 3.03. The Bertz CT molecular complexity index is 387. The monoisotopic (exact) mass is 243 g/mol. The highest BCUT2D eigenvalue weighted by molar-refractivity contribution is 5.25. The van der Waals surface area contributed by atoms with Crippen molar-refractivity contribution in [1.29, 1.82) is 0 Å². The zero-order chi connectivity index (χ0) is 12.3. The molecule has 1 aliphatic rings. The van der Waals surface area contributed by atoms with E-state index in [1.165, 1.54) is 6.07 Å². The van der Waals surface area contributed by atoms with Gasteiger partial charge in [0.1, 0.15) is 5.60 Å². The predicted molar refractivity (Wildman–Crippen MR) is 58.6 cm³/mol. The van der Waals surface area contributed by atoms with Gasteiger partial charge in [-0.15, -0.1) is 0 Å². The summed E-state index contributed by atoms with van der Waals surface area (Å²) in [6, 6.07) is 3.72. The van der Waals surface area contributed by atoms with E-state index in [0.29, 0.717) is 25.1 Å². The smallest absolute Gasteiger partial charge is 0.159 e. The van der Waals surface area contributed by atoms with Crippen LogP contribution < -0.4 is 5.32 Å². The Morgan fingerprint density at radius 1 is 1.35 bits per heavy atom. The molecular formula is C12H15F2NO2. The Hall–Kier alpha value is -1.04. The summed E-state index contributed by atoms with van der Waals surface area (Å²) in [6.07, 6.45) is 0.352. The van der Waals surface area contributed by atoms with Crippen LogP contribution in [0.3, 0.4) is 0 Å². The molecule has 1 fully saturated rings. The second kappa shape index (κ2) is 5.08. The van der Waals surface area contributed by atoms with E-state index < -0.39 is 17.2 Å². The first-order chi connectivity index (χ1) is 8.18. The molecule has 0 unspecified atom stereocenters. The second-order valence-electron chi connectivity index (χ2n) is 4.12. The first-order valence-electron chi connectivity index (χ1n) is 5.59. The summed E-state index contributed by atoms with van der Waals surface area (Å²) in [5.41, 5.74) is -0.209. The summed E-state index contributed by atoms with van der Waals surface area (Å²) in [4.78, 5) is 0. The van der Waals surface area contributed by atoms with Gasteiger partial charge >= 0.3 is 0 Å². The average molecular weight is 243 g/mol. The van der Waals surface area contributed by atoms with Crippen molar-refractivity contribution in [2.75, 3.05) is 26.3 Å². The molecule has 5 heteroatoms. The Kier molecular flexibility index (Phi) is 3.71. The van der Waals surface area contributed by atoms with Gasteiger partial charge in [0.05, 0.1) is 6.61 Å². The summed E-state index contributed by atoms with van der Waals surface area (Å²) in [5.74, 6) is -1.77. The number of halogens is 2. The first kappa shape index (κ1) is 12.4. The highest BCUT2D eigenvalue weighted by Crippen LogP contribution is 2.31. The maximum Gasteiger partial charge on any atom is 0.159 e. The molecule has 0 saturated carbocycles. The number of hydrogen-bond donors (Lipinski definition) is 2. The fourth-order valence-electron chi connectivity index (χ4n) is 2.11. The van der Waals surface area contributed by atoms with Crippen LogP contribution in [-0.2, 0) is 10.3 Å². The first-order valence-corrected chi connectivity index (χ1v) is 5.59. The van der Waals surface area contributed by atoms with Gasteiger partial charge in [0, 0.05) is 26.1 Å². The standard InChI is InChI=1S/C12H15F2NO2/c13-10-2-1-9(7-11(10)14)12(3-5-16)8-15-4-6-17-12/h1-2,7,15-16H,3-6,8H2/t12-/m1/s1. The molecule has 1 aromatic carbocycles. The summed E-state index contributed by atoms with van der Waals surface area (Å²) < 4.78 is 31.8. The number of aliphatic hydroxyl groups excluding tert-OH is 1. The van der Waals surface area contributed by atoms with Crippen LogP contribution in [0.5, 0.6) is 0 Å². The largest absolute Gasteiger partial charge is 0.396 e.